The fourth-order valence-corrected chi connectivity index (χ4v) is 3.86. The topological polar surface area (TPSA) is 59.0 Å². The molecule has 2 aliphatic rings. The summed E-state index contributed by atoms with van der Waals surface area (Å²) in [6, 6.07) is 2.23. The molecule has 0 spiro atoms. The van der Waals surface area contributed by atoms with E-state index in [1.807, 2.05) is 16.9 Å². The van der Waals surface area contributed by atoms with Gasteiger partial charge in [0.25, 0.3) is 5.91 Å². The molecular formula is C17H28N4O. The van der Waals surface area contributed by atoms with Crippen LogP contribution in [0.1, 0.15) is 68.4 Å². The standard InChI is InChI=1S/C17H28N4O/c1-2-17(8-3-4-9-17)13-19-16(22)15-7-11-21(20-15)14-6-5-10-18-12-14/h7,11,14,18H,2-6,8-10,12-13H2,1H3,(H,19,22). The molecule has 3 rings (SSSR count). The van der Waals surface area contributed by atoms with E-state index in [1.54, 1.807) is 0 Å². The smallest absolute Gasteiger partial charge is 0.271 e. The number of nitrogens with zero attached hydrogens (tertiary/aromatic N) is 2. The number of hydrogen-bond donors (Lipinski definition) is 2. The predicted molar refractivity (Wildman–Crippen MR) is 86.9 cm³/mol. The first-order valence-electron chi connectivity index (χ1n) is 8.76. The first-order valence-corrected chi connectivity index (χ1v) is 8.76. The maximum atomic E-state index is 12.4. The molecule has 1 amide bonds. The monoisotopic (exact) mass is 304 g/mol. The Kier molecular flexibility index (Phi) is 4.81. The molecule has 22 heavy (non-hydrogen) atoms. The lowest BCUT2D eigenvalue weighted by molar-refractivity contribution is 0.0922. The van der Waals surface area contributed by atoms with Gasteiger partial charge in [-0.1, -0.05) is 19.8 Å². The van der Waals surface area contributed by atoms with E-state index in [-0.39, 0.29) is 5.91 Å². The number of carbonyl (C=O) groups is 1. The second kappa shape index (κ2) is 6.82. The summed E-state index contributed by atoms with van der Waals surface area (Å²) in [6.07, 6.45) is 10.5. The Morgan fingerprint density at radius 3 is 2.95 bits per heavy atom. The first-order chi connectivity index (χ1) is 10.7. The highest BCUT2D eigenvalue weighted by Crippen LogP contribution is 2.40. The van der Waals surface area contributed by atoms with Crippen molar-refractivity contribution in [1.82, 2.24) is 20.4 Å². The van der Waals surface area contributed by atoms with Crippen LogP contribution in [0.5, 0.6) is 0 Å². The molecule has 1 aliphatic heterocycles. The molecule has 0 radical (unpaired) electrons. The van der Waals surface area contributed by atoms with Gasteiger partial charge in [0, 0.05) is 19.3 Å². The van der Waals surface area contributed by atoms with Crippen molar-refractivity contribution in [1.29, 1.82) is 0 Å². The van der Waals surface area contributed by atoms with Crippen molar-refractivity contribution < 1.29 is 4.79 Å². The average molecular weight is 304 g/mol. The van der Waals surface area contributed by atoms with Gasteiger partial charge in [0.1, 0.15) is 5.69 Å². The van der Waals surface area contributed by atoms with Crippen molar-refractivity contribution in [2.75, 3.05) is 19.6 Å². The number of rotatable bonds is 5. The Morgan fingerprint density at radius 2 is 2.27 bits per heavy atom. The third-order valence-electron chi connectivity index (χ3n) is 5.52. The van der Waals surface area contributed by atoms with Gasteiger partial charge in [-0.15, -0.1) is 0 Å². The Morgan fingerprint density at radius 1 is 1.45 bits per heavy atom. The molecular weight excluding hydrogens is 276 g/mol. The molecule has 0 aromatic carbocycles. The molecule has 1 aromatic heterocycles. The van der Waals surface area contributed by atoms with E-state index in [1.165, 1.54) is 32.1 Å². The SMILES string of the molecule is CCC1(CNC(=O)c2ccn(C3CCCNC3)n2)CCCC1. The maximum Gasteiger partial charge on any atom is 0.271 e. The second-order valence-electron chi connectivity index (χ2n) is 6.92. The van der Waals surface area contributed by atoms with E-state index >= 15 is 0 Å². The number of nitrogens with one attached hydrogen (secondary N) is 2. The van der Waals surface area contributed by atoms with Gasteiger partial charge in [-0.05, 0) is 50.1 Å². The van der Waals surface area contributed by atoms with Gasteiger partial charge in [-0.25, -0.2) is 0 Å². The van der Waals surface area contributed by atoms with Gasteiger partial charge < -0.3 is 10.6 Å². The van der Waals surface area contributed by atoms with Crippen LogP contribution >= 0.6 is 0 Å². The zero-order chi connectivity index (χ0) is 15.4. The number of carbonyl (C=O) groups excluding carboxylic acids is 1. The van der Waals surface area contributed by atoms with Gasteiger partial charge in [-0.3, -0.25) is 9.48 Å². The molecule has 122 valence electrons. The minimum atomic E-state index is -0.0257. The molecule has 1 aliphatic carbocycles. The van der Waals surface area contributed by atoms with E-state index in [0.29, 0.717) is 17.2 Å². The molecule has 1 aromatic rings. The van der Waals surface area contributed by atoms with Crippen molar-refractivity contribution >= 4 is 5.91 Å². The number of aromatic nitrogens is 2. The quantitative estimate of drug-likeness (QED) is 0.879. The molecule has 2 heterocycles. The minimum Gasteiger partial charge on any atom is -0.350 e. The van der Waals surface area contributed by atoms with Gasteiger partial charge in [0.15, 0.2) is 0 Å². The summed E-state index contributed by atoms with van der Waals surface area (Å²) >= 11 is 0. The molecule has 1 saturated heterocycles. The van der Waals surface area contributed by atoms with E-state index in [9.17, 15) is 4.79 Å². The number of piperidine rings is 1. The second-order valence-corrected chi connectivity index (χ2v) is 6.92. The summed E-state index contributed by atoms with van der Waals surface area (Å²) in [5.41, 5.74) is 0.876. The molecule has 2 fully saturated rings. The van der Waals surface area contributed by atoms with Crippen LogP contribution in [0.2, 0.25) is 0 Å². The highest BCUT2D eigenvalue weighted by atomic mass is 16.1. The summed E-state index contributed by atoms with van der Waals surface area (Å²) in [4.78, 5) is 12.4. The molecule has 0 bridgehead atoms. The summed E-state index contributed by atoms with van der Waals surface area (Å²) in [5.74, 6) is -0.0257. The van der Waals surface area contributed by atoms with E-state index < -0.39 is 0 Å². The molecule has 5 heteroatoms. The van der Waals surface area contributed by atoms with Crippen LogP contribution in [0.3, 0.4) is 0 Å². The lowest BCUT2D eigenvalue weighted by Gasteiger charge is -2.27. The number of amides is 1. The highest BCUT2D eigenvalue weighted by Gasteiger charge is 2.32. The Hall–Kier alpha value is -1.36. The van der Waals surface area contributed by atoms with Gasteiger partial charge in [-0.2, -0.15) is 5.10 Å². The zero-order valence-electron chi connectivity index (χ0n) is 13.6. The molecule has 1 atom stereocenters. The lowest BCUT2D eigenvalue weighted by atomic mass is 9.83. The van der Waals surface area contributed by atoms with Crippen molar-refractivity contribution in [2.45, 2.75) is 57.9 Å². The molecule has 1 saturated carbocycles. The van der Waals surface area contributed by atoms with E-state index in [4.69, 9.17) is 0 Å². The van der Waals surface area contributed by atoms with E-state index in [0.717, 1.165) is 32.5 Å². The first kappa shape index (κ1) is 15.5. The van der Waals surface area contributed by atoms with Crippen molar-refractivity contribution in [3.05, 3.63) is 18.0 Å². The van der Waals surface area contributed by atoms with Crippen LogP contribution < -0.4 is 10.6 Å². The largest absolute Gasteiger partial charge is 0.350 e. The van der Waals surface area contributed by atoms with Gasteiger partial charge in [0.05, 0.1) is 6.04 Å². The van der Waals surface area contributed by atoms with Crippen LogP contribution in [-0.4, -0.2) is 35.3 Å². The fourth-order valence-electron chi connectivity index (χ4n) is 3.86. The number of hydrogen-bond acceptors (Lipinski definition) is 3. The van der Waals surface area contributed by atoms with Crippen LogP contribution in [0, 0.1) is 5.41 Å². The summed E-state index contributed by atoms with van der Waals surface area (Å²) in [6.45, 7) is 5.06. The van der Waals surface area contributed by atoms with Crippen LogP contribution in [0.4, 0.5) is 0 Å². The van der Waals surface area contributed by atoms with Gasteiger partial charge in [0.2, 0.25) is 0 Å². The van der Waals surface area contributed by atoms with Crippen LogP contribution in [-0.2, 0) is 0 Å². The Bertz CT molecular complexity index is 499. The van der Waals surface area contributed by atoms with E-state index in [2.05, 4.69) is 22.7 Å². The van der Waals surface area contributed by atoms with Gasteiger partial charge >= 0.3 is 0 Å². The average Bonchev–Trinajstić information content (AvgIpc) is 3.24. The minimum absolute atomic E-state index is 0.0257. The zero-order valence-corrected chi connectivity index (χ0v) is 13.6. The van der Waals surface area contributed by atoms with Crippen molar-refractivity contribution in [3.8, 4) is 0 Å². The van der Waals surface area contributed by atoms with Crippen LogP contribution in [0.25, 0.3) is 0 Å². The summed E-state index contributed by atoms with van der Waals surface area (Å²) < 4.78 is 1.95. The molecule has 1 unspecified atom stereocenters. The lowest BCUT2D eigenvalue weighted by Crippen LogP contribution is -2.36. The Balaban J connectivity index is 1.57. The predicted octanol–water partition coefficient (Wildman–Crippen LogP) is 2.51. The Labute approximate surface area is 132 Å². The third-order valence-corrected chi connectivity index (χ3v) is 5.52. The molecule has 2 N–H and O–H groups in total. The van der Waals surface area contributed by atoms with Crippen molar-refractivity contribution in [3.63, 3.8) is 0 Å². The third kappa shape index (κ3) is 3.35. The normalized spacial score (nSPS) is 24.3. The maximum absolute atomic E-state index is 12.4. The summed E-state index contributed by atoms with van der Waals surface area (Å²) in [7, 11) is 0. The highest BCUT2D eigenvalue weighted by molar-refractivity contribution is 5.92. The fraction of sp³-hybridized carbons (Fsp3) is 0.765. The van der Waals surface area contributed by atoms with Crippen LogP contribution in [0.15, 0.2) is 12.3 Å². The molecule has 5 nitrogen and oxygen atoms in total. The summed E-state index contributed by atoms with van der Waals surface area (Å²) in [5, 5.41) is 11.0. The van der Waals surface area contributed by atoms with Crippen molar-refractivity contribution in [2.24, 2.45) is 5.41 Å².